The second-order valence-electron chi connectivity index (χ2n) is 4.79. The van der Waals surface area contributed by atoms with Crippen LogP contribution in [0.25, 0.3) is 0 Å². The molecule has 0 aliphatic heterocycles. The Hall–Kier alpha value is -2.10. The van der Waals surface area contributed by atoms with Crippen LogP contribution in [0, 0.1) is 13.8 Å². The number of aromatic carboxylic acids is 1. The normalized spacial score (nSPS) is 10.6. The van der Waals surface area contributed by atoms with Gasteiger partial charge >= 0.3 is 5.97 Å². The van der Waals surface area contributed by atoms with Crippen molar-refractivity contribution in [3.63, 3.8) is 0 Å². The molecule has 0 amide bonds. The Morgan fingerprint density at radius 2 is 2.11 bits per heavy atom. The molecular weight excluding hydrogens is 240 g/mol. The maximum Gasteiger partial charge on any atom is 0.356 e. The molecule has 2 aromatic rings. The van der Waals surface area contributed by atoms with Gasteiger partial charge in [0.25, 0.3) is 0 Å². The zero-order valence-electron chi connectivity index (χ0n) is 11.3. The lowest BCUT2D eigenvalue weighted by atomic mass is 10.1. The molecule has 19 heavy (non-hydrogen) atoms. The van der Waals surface area contributed by atoms with E-state index in [1.54, 1.807) is 10.7 Å². The Bertz CT molecular complexity index is 588. The van der Waals surface area contributed by atoms with E-state index >= 15 is 0 Å². The molecule has 4 heteroatoms. The molecule has 4 nitrogen and oxygen atoms in total. The van der Waals surface area contributed by atoms with E-state index in [2.05, 4.69) is 36.3 Å². The van der Waals surface area contributed by atoms with Crippen LogP contribution in [0.2, 0.25) is 0 Å². The Morgan fingerprint density at radius 1 is 1.32 bits per heavy atom. The molecule has 1 aromatic carbocycles. The van der Waals surface area contributed by atoms with Gasteiger partial charge in [-0.3, -0.25) is 4.68 Å². The molecule has 0 radical (unpaired) electrons. The summed E-state index contributed by atoms with van der Waals surface area (Å²) in [6, 6.07) is 10.0. The summed E-state index contributed by atoms with van der Waals surface area (Å²) in [6.07, 6.45) is 1.93. The van der Waals surface area contributed by atoms with Crippen molar-refractivity contribution in [3.8, 4) is 0 Å². The highest BCUT2D eigenvalue weighted by Crippen LogP contribution is 2.09. The van der Waals surface area contributed by atoms with Gasteiger partial charge in [-0.05, 0) is 38.3 Å². The smallest absolute Gasteiger partial charge is 0.356 e. The zero-order valence-corrected chi connectivity index (χ0v) is 11.3. The van der Waals surface area contributed by atoms with Crippen molar-refractivity contribution in [3.05, 3.63) is 52.8 Å². The summed E-state index contributed by atoms with van der Waals surface area (Å²) in [7, 11) is 0. The molecule has 100 valence electrons. The molecule has 0 aliphatic rings. The van der Waals surface area contributed by atoms with Crippen LogP contribution in [-0.4, -0.2) is 20.9 Å². The van der Waals surface area contributed by atoms with Gasteiger partial charge < -0.3 is 5.11 Å². The van der Waals surface area contributed by atoms with Crippen molar-refractivity contribution in [2.24, 2.45) is 0 Å². The molecule has 0 fully saturated rings. The highest BCUT2D eigenvalue weighted by atomic mass is 16.4. The van der Waals surface area contributed by atoms with E-state index in [1.807, 2.05) is 6.92 Å². The quantitative estimate of drug-likeness (QED) is 0.897. The Morgan fingerprint density at radius 3 is 2.74 bits per heavy atom. The van der Waals surface area contributed by atoms with Gasteiger partial charge in [-0.25, -0.2) is 4.79 Å². The van der Waals surface area contributed by atoms with E-state index in [0.717, 1.165) is 25.1 Å². The van der Waals surface area contributed by atoms with Crippen LogP contribution in [0.15, 0.2) is 30.3 Å². The monoisotopic (exact) mass is 258 g/mol. The van der Waals surface area contributed by atoms with Crippen LogP contribution in [0.4, 0.5) is 0 Å². The number of carboxylic acid groups (broad SMARTS) is 1. The Kier molecular flexibility index (Phi) is 4.00. The van der Waals surface area contributed by atoms with Gasteiger partial charge in [0, 0.05) is 12.2 Å². The van der Waals surface area contributed by atoms with Crippen LogP contribution in [0.1, 0.15) is 33.7 Å². The Labute approximate surface area is 112 Å². The molecule has 0 atom stereocenters. The van der Waals surface area contributed by atoms with Gasteiger partial charge in [-0.2, -0.15) is 5.10 Å². The number of hydrogen-bond donors (Lipinski definition) is 1. The first-order chi connectivity index (χ1) is 9.06. The van der Waals surface area contributed by atoms with Crippen LogP contribution in [-0.2, 0) is 13.0 Å². The minimum absolute atomic E-state index is 0.119. The summed E-state index contributed by atoms with van der Waals surface area (Å²) >= 11 is 0. The fourth-order valence-electron chi connectivity index (χ4n) is 2.14. The standard InChI is InChI=1S/C15H18N2O2/c1-11-5-3-6-13(9-11)7-4-8-17-12(2)10-14(16-17)15(18)19/h3,5-6,9-10H,4,7-8H2,1-2H3,(H,18,19). The van der Waals surface area contributed by atoms with Gasteiger partial charge in [0.1, 0.15) is 0 Å². The van der Waals surface area contributed by atoms with Crippen LogP contribution < -0.4 is 0 Å². The third-order valence-corrected chi connectivity index (χ3v) is 3.12. The molecule has 2 rings (SSSR count). The number of hydrogen-bond acceptors (Lipinski definition) is 2. The average Bonchev–Trinajstić information content (AvgIpc) is 2.71. The second kappa shape index (κ2) is 5.69. The maximum absolute atomic E-state index is 10.8. The van der Waals surface area contributed by atoms with Crippen LogP contribution in [0.5, 0.6) is 0 Å². The number of carboxylic acids is 1. The van der Waals surface area contributed by atoms with Crippen molar-refractivity contribution >= 4 is 5.97 Å². The second-order valence-corrected chi connectivity index (χ2v) is 4.79. The highest BCUT2D eigenvalue weighted by molar-refractivity contribution is 5.85. The summed E-state index contributed by atoms with van der Waals surface area (Å²) in [4.78, 5) is 10.8. The van der Waals surface area contributed by atoms with Gasteiger partial charge in [0.2, 0.25) is 0 Å². The fraction of sp³-hybridized carbons (Fsp3) is 0.333. The lowest BCUT2D eigenvalue weighted by molar-refractivity contribution is 0.0689. The third kappa shape index (κ3) is 3.44. The number of nitrogens with zero attached hydrogens (tertiary/aromatic N) is 2. The zero-order chi connectivity index (χ0) is 13.8. The summed E-state index contributed by atoms with van der Waals surface area (Å²) < 4.78 is 1.76. The van der Waals surface area contributed by atoms with E-state index in [0.29, 0.717) is 0 Å². The highest BCUT2D eigenvalue weighted by Gasteiger charge is 2.09. The summed E-state index contributed by atoms with van der Waals surface area (Å²) in [5, 5.41) is 13.0. The lowest BCUT2D eigenvalue weighted by Gasteiger charge is -2.05. The van der Waals surface area contributed by atoms with Gasteiger partial charge in [0.15, 0.2) is 5.69 Å². The third-order valence-electron chi connectivity index (χ3n) is 3.12. The first-order valence-corrected chi connectivity index (χ1v) is 6.39. The molecule has 1 N–H and O–H groups in total. The first-order valence-electron chi connectivity index (χ1n) is 6.39. The van der Waals surface area contributed by atoms with E-state index in [4.69, 9.17) is 5.11 Å². The van der Waals surface area contributed by atoms with Crippen molar-refractivity contribution in [1.82, 2.24) is 9.78 Å². The summed E-state index contributed by atoms with van der Waals surface area (Å²) in [5.74, 6) is -0.972. The predicted molar refractivity (Wildman–Crippen MR) is 73.4 cm³/mol. The summed E-state index contributed by atoms with van der Waals surface area (Å²) in [5.41, 5.74) is 3.58. The van der Waals surface area contributed by atoms with Crippen LogP contribution >= 0.6 is 0 Å². The molecular formula is C15H18N2O2. The minimum atomic E-state index is -0.972. The van der Waals surface area contributed by atoms with Crippen molar-refractivity contribution in [2.45, 2.75) is 33.2 Å². The minimum Gasteiger partial charge on any atom is -0.476 e. The van der Waals surface area contributed by atoms with Crippen molar-refractivity contribution < 1.29 is 9.90 Å². The van der Waals surface area contributed by atoms with Gasteiger partial charge in [-0.15, -0.1) is 0 Å². The lowest BCUT2D eigenvalue weighted by Crippen LogP contribution is -2.05. The number of rotatable bonds is 5. The number of aryl methyl sites for hydroxylation is 4. The molecule has 0 saturated heterocycles. The summed E-state index contributed by atoms with van der Waals surface area (Å²) in [6.45, 7) is 4.71. The van der Waals surface area contributed by atoms with E-state index in [1.165, 1.54) is 11.1 Å². The van der Waals surface area contributed by atoms with E-state index in [9.17, 15) is 4.79 Å². The topological polar surface area (TPSA) is 55.1 Å². The predicted octanol–water partition coefficient (Wildman–Crippen LogP) is 2.83. The van der Waals surface area contributed by atoms with Crippen molar-refractivity contribution in [2.75, 3.05) is 0 Å². The van der Waals surface area contributed by atoms with Gasteiger partial charge in [-0.1, -0.05) is 29.8 Å². The molecule has 1 aromatic heterocycles. The fourth-order valence-corrected chi connectivity index (χ4v) is 2.14. The molecule has 1 heterocycles. The van der Waals surface area contributed by atoms with E-state index < -0.39 is 5.97 Å². The van der Waals surface area contributed by atoms with Crippen molar-refractivity contribution in [1.29, 1.82) is 0 Å². The number of carbonyl (C=O) groups is 1. The first kappa shape index (κ1) is 13.3. The molecule has 0 bridgehead atoms. The van der Waals surface area contributed by atoms with E-state index in [-0.39, 0.29) is 5.69 Å². The number of benzene rings is 1. The molecule has 0 saturated carbocycles. The molecule has 0 spiro atoms. The number of aromatic nitrogens is 2. The molecule has 0 unspecified atom stereocenters. The molecule has 0 aliphatic carbocycles. The SMILES string of the molecule is Cc1cccc(CCCn2nc(C(=O)O)cc2C)c1. The Balaban J connectivity index is 1.94. The van der Waals surface area contributed by atoms with Gasteiger partial charge in [0.05, 0.1) is 0 Å². The maximum atomic E-state index is 10.8. The van der Waals surface area contributed by atoms with Crippen LogP contribution in [0.3, 0.4) is 0 Å². The largest absolute Gasteiger partial charge is 0.476 e. The average molecular weight is 258 g/mol.